The third-order valence-corrected chi connectivity index (χ3v) is 2.66. The van der Waals surface area contributed by atoms with Crippen molar-refractivity contribution in [2.75, 3.05) is 11.9 Å². The fraction of sp³-hybridized carbons (Fsp3) is 0.385. The van der Waals surface area contributed by atoms with Gasteiger partial charge in [0, 0.05) is 12.7 Å². The van der Waals surface area contributed by atoms with Gasteiger partial charge in [-0.25, -0.2) is 4.98 Å². The molecule has 0 bridgehead atoms. The summed E-state index contributed by atoms with van der Waals surface area (Å²) in [6.07, 6.45) is 8.65. The van der Waals surface area contributed by atoms with E-state index in [4.69, 9.17) is 0 Å². The maximum absolute atomic E-state index is 10.8. The van der Waals surface area contributed by atoms with Crippen LogP contribution in [0, 0.1) is 0 Å². The average Bonchev–Trinajstić information content (AvgIpc) is 2.50. The number of rotatable bonds is 2. The zero-order valence-electron chi connectivity index (χ0n) is 9.49. The number of carbonyl (C=O) groups is 1. The number of anilines is 1. The van der Waals surface area contributed by atoms with Crippen molar-refractivity contribution in [2.24, 2.45) is 0 Å². The number of nitrogens with one attached hydrogen (secondary N) is 1. The maximum atomic E-state index is 10.8. The Bertz CT molecular complexity index is 424. The van der Waals surface area contributed by atoms with Gasteiger partial charge in [-0.1, -0.05) is 0 Å². The average molecular weight is 216 g/mol. The Balaban J connectivity index is 2.24. The van der Waals surface area contributed by atoms with Crippen molar-refractivity contribution in [2.45, 2.75) is 26.2 Å². The summed E-state index contributed by atoms with van der Waals surface area (Å²) in [5, 5.41) is 3.32. The first-order valence-electron chi connectivity index (χ1n) is 5.67. The second-order valence-corrected chi connectivity index (χ2v) is 4.10. The summed E-state index contributed by atoms with van der Waals surface area (Å²) in [6.45, 7) is 2.55. The van der Waals surface area contributed by atoms with Crippen LogP contribution < -0.4 is 5.32 Å². The minimum Gasteiger partial charge on any atom is -0.370 e. The third kappa shape index (κ3) is 2.69. The number of carbonyl (C=O) groups excluding carboxylic acids is 1. The van der Waals surface area contributed by atoms with Gasteiger partial charge < -0.3 is 5.32 Å². The van der Waals surface area contributed by atoms with E-state index in [9.17, 15) is 4.79 Å². The number of allylic oxidation sites excluding steroid dienone is 1. The highest BCUT2D eigenvalue weighted by Crippen LogP contribution is 2.20. The van der Waals surface area contributed by atoms with Gasteiger partial charge in [-0.15, -0.1) is 0 Å². The number of nitrogens with zero attached hydrogens (tertiary/aromatic N) is 1. The molecule has 0 spiro atoms. The lowest BCUT2D eigenvalue weighted by molar-refractivity contribution is -0.112. The lowest BCUT2D eigenvalue weighted by atomic mass is 10.1. The van der Waals surface area contributed by atoms with Gasteiger partial charge in [-0.05, 0) is 55.5 Å². The van der Waals surface area contributed by atoms with E-state index in [1.165, 1.54) is 18.4 Å². The highest BCUT2D eigenvalue weighted by molar-refractivity contribution is 5.91. The molecule has 0 saturated heterocycles. The van der Waals surface area contributed by atoms with Crippen LogP contribution >= 0.6 is 0 Å². The minimum absolute atomic E-state index is 0.0630. The molecule has 0 atom stereocenters. The largest absolute Gasteiger partial charge is 0.370 e. The Morgan fingerprint density at radius 1 is 1.50 bits per heavy atom. The number of ketones is 1. The van der Waals surface area contributed by atoms with E-state index in [2.05, 4.69) is 16.4 Å². The second kappa shape index (κ2) is 4.92. The van der Waals surface area contributed by atoms with E-state index in [1.807, 2.05) is 6.08 Å². The summed E-state index contributed by atoms with van der Waals surface area (Å²) in [5.41, 5.74) is 2.25. The molecule has 2 heterocycles. The van der Waals surface area contributed by atoms with E-state index < -0.39 is 0 Å². The van der Waals surface area contributed by atoms with Gasteiger partial charge in [-0.2, -0.15) is 0 Å². The van der Waals surface area contributed by atoms with E-state index >= 15 is 0 Å². The molecular formula is C13H16N2O. The summed E-state index contributed by atoms with van der Waals surface area (Å²) < 4.78 is 0. The summed E-state index contributed by atoms with van der Waals surface area (Å²) >= 11 is 0. The zero-order valence-corrected chi connectivity index (χ0v) is 9.49. The molecule has 0 amide bonds. The number of fused-ring (bicyclic) bond motifs is 1. The first kappa shape index (κ1) is 10.9. The number of hydrogen-bond acceptors (Lipinski definition) is 3. The van der Waals surface area contributed by atoms with Gasteiger partial charge in [-0.3, -0.25) is 4.79 Å². The topological polar surface area (TPSA) is 42.0 Å². The number of hydrogen-bond donors (Lipinski definition) is 1. The summed E-state index contributed by atoms with van der Waals surface area (Å²) in [4.78, 5) is 15.2. The van der Waals surface area contributed by atoms with E-state index in [-0.39, 0.29) is 5.78 Å². The monoisotopic (exact) mass is 216 g/mol. The molecule has 1 aromatic heterocycles. The highest BCUT2D eigenvalue weighted by Gasteiger charge is 2.08. The molecular weight excluding hydrogens is 200 g/mol. The summed E-state index contributed by atoms with van der Waals surface area (Å²) in [6, 6.07) is 2.11. The maximum Gasteiger partial charge on any atom is 0.152 e. The number of aromatic nitrogens is 1. The Labute approximate surface area is 95.6 Å². The fourth-order valence-corrected chi connectivity index (χ4v) is 1.83. The van der Waals surface area contributed by atoms with Gasteiger partial charge in [0.2, 0.25) is 0 Å². The predicted octanol–water partition coefficient (Wildman–Crippen LogP) is 2.43. The fourth-order valence-electron chi connectivity index (χ4n) is 1.83. The van der Waals surface area contributed by atoms with Gasteiger partial charge in [0.15, 0.2) is 5.78 Å². The van der Waals surface area contributed by atoms with Crippen LogP contribution in [0.15, 0.2) is 18.3 Å². The molecule has 84 valence electrons. The van der Waals surface area contributed by atoms with Crippen LogP contribution in [-0.2, 0) is 11.2 Å². The molecule has 1 aliphatic heterocycles. The van der Waals surface area contributed by atoms with Crippen molar-refractivity contribution in [3.63, 3.8) is 0 Å². The lowest BCUT2D eigenvalue weighted by Crippen LogP contribution is -2.01. The van der Waals surface area contributed by atoms with Crippen LogP contribution in [0.5, 0.6) is 0 Å². The van der Waals surface area contributed by atoms with E-state index in [1.54, 1.807) is 19.2 Å². The first-order valence-corrected chi connectivity index (χ1v) is 5.67. The molecule has 1 aromatic rings. The van der Waals surface area contributed by atoms with Crippen molar-refractivity contribution in [1.29, 1.82) is 0 Å². The Kier molecular flexibility index (Phi) is 3.34. The van der Waals surface area contributed by atoms with E-state index in [0.717, 1.165) is 24.3 Å². The SMILES string of the molecule is CC(=O)/C=C/c1cnc2c(c1)CCCCN2. The second-order valence-electron chi connectivity index (χ2n) is 4.10. The molecule has 0 unspecified atom stereocenters. The van der Waals surface area contributed by atoms with Crippen molar-refractivity contribution in [3.05, 3.63) is 29.5 Å². The Morgan fingerprint density at radius 3 is 3.19 bits per heavy atom. The normalized spacial score (nSPS) is 15.3. The standard InChI is InChI=1S/C13H16N2O/c1-10(16)5-6-11-8-12-4-2-3-7-14-13(12)15-9-11/h5-6,8-9H,2-4,7H2,1H3,(H,14,15)/b6-5+. The van der Waals surface area contributed by atoms with Gasteiger partial charge >= 0.3 is 0 Å². The quantitative estimate of drug-likeness (QED) is 0.772. The zero-order chi connectivity index (χ0) is 11.4. The number of aryl methyl sites for hydroxylation is 1. The van der Waals surface area contributed by atoms with Crippen molar-refractivity contribution in [3.8, 4) is 0 Å². The van der Waals surface area contributed by atoms with Gasteiger partial charge in [0.05, 0.1) is 0 Å². The molecule has 0 fully saturated rings. The highest BCUT2D eigenvalue weighted by atomic mass is 16.1. The number of pyridine rings is 1. The Hall–Kier alpha value is -1.64. The van der Waals surface area contributed by atoms with Crippen LogP contribution in [-0.4, -0.2) is 17.3 Å². The molecule has 1 aliphatic rings. The minimum atomic E-state index is 0.0630. The molecule has 3 nitrogen and oxygen atoms in total. The summed E-state index contributed by atoms with van der Waals surface area (Å²) in [5.74, 6) is 1.06. The summed E-state index contributed by atoms with van der Waals surface area (Å²) in [7, 11) is 0. The van der Waals surface area contributed by atoms with Crippen LogP contribution in [0.3, 0.4) is 0 Å². The van der Waals surface area contributed by atoms with Crippen molar-refractivity contribution in [1.82, 2.24) is 4.98 Å². The smallest absolute Gasteiger partial charge is 0.152 e. The molecule has 0 aromatic carbocycles. The molecule has 0 saturated carbocycles. The Morgan fingerprint density at radius 2 is 2.38 bits per heavy atom. The van der Waals surface area contributed by atoms with Gasteiger partial charge in [0.25, 0.3) is 0 Å². The molecule has 3 heteroatoms. The van der Waals surface area contributed by atoms with Gasteiger partial charge in [0.1, 0.15) is 5.82 Å². The van der Waals surface area contributed by atoms with Crippen LogP contribution in [0.1, 0.15) is 30.9 Å². The van der Waals surface area contributed by atoms with Crippen LogP contribution in [0.25, 0.3) is 6.08 Å². The van der Waals surface area contributed by atoms with Crippen LogP contribution in [0.4, 0.5) is 5.82 Å². The van der Waals surface area contributed by atoms with Crippen molar-refractivity contribution < 1.29 is 4.79 Å². The van der Waals surface area contributed by atoms with E-state index in [0.29, 0.717) is 0 Å². The third-order valence-electron chi connectivity index (χ3n) is 2.66. The molecule has 1 N–H and O–H groups in total. The lowest BCUT2D eigenvalue weighted by Gasteiger charge is -2.06. The molecule has 0 aliphatic carbocycles. The first-order chi connectivity index (χ1) is 7.75. The van der Waals surface area contributed by atoms with Crippen molar-refractivity contribution >= 4 is 17.7 Å². The predicted molar refractivity (Wildman–Crippen MR) is 65.4 cm³/mol. The van der Waals surface area contributed by atoms with Crippen LogP contribution in [0.2, 0.25) is 0 Å². The molecule has 16 heavy (non-hydrogen) atoms. The molecule has 0 radical (unpaired) electrons. The molecule has 2 rings (SSSR count).